The van der Waals surface area contributed by atoms with Gasteiger partial charge in [-0.1, -0.05) is 20.8 Å². The van der Waals surface area contributed by atoms with E-state index in [-0.39, 0.29) is 126 Å². The molecule has 0 bridgehead atoms. The minimum atomic E-state index is -0.990. The second kappa shape index (κ2) is 41.5. The van der Waals surface area contributed by atoms with Crippen LogP contribution in [-0.2, 0) is 76.2 Å². The quantitative estimate of drug-likeness (QED) is 0.0330. The first kappa shape index (κ1) is 69.3. The summed E-state index contributed by atoms with van der Waals surface area (Å²) in [4.78, 5) is 97.1. The van der Waals surface area contributed by atoms with Gasteiger partial charge in [0, 0.05) is 57.2 Å². The van der Waals surface area contributed by atoms with Crippen LogP contribution >= 0.6 is 0 Å². The number of unbranched alkanes of at least 4 members (excludes halogenated alkanes) is 1. The number of Topliss-reactive ketones (excluding diaryl/α,β-unsaturated/α-hetero) is 3. The van der Waals surface area contributed by atoms with Gasteiger partial charge in [0.2, 0.25) is 11.8 Å². The lowest BCUT2D eigenvalue weighted by Crippen LogP contribution is -2.44. The van der Waals surface area contributed by atoms with Crippen LogP contribution in [0.2, 0.25) is 0 Å². The molecule has 0 aromatic carbocycles. The van der Waals surface area contributed by atoms with E-state index in [0.29, 0.717) is 91.6 Å². The van der Waals surface area contributed by atoms with Crippen molar-refractivity contribution in [1.29, 1.82) is 0 Å². The number of hydrogen-bond donors (Lipinski definition) is 5. The summed E-state index contributed by atoms with van der Waals surface area (Å²) in [5.41, 5.74) is 11.4. The third-order valence-electron chi connectivity index (χ3n) is 10.1. The molecule has 0 spiro atoms. The van der Waals surface area contributed by atoms with Crippen molar-refractivity contribution in [3.63, 3.8) is 0 Å². The van der Waals surface area contributed by atoms with Crippen LogP contribution in [0.25, 0.3) is 0 Å². The van der Waals surface area contributed by atoms with Gasteiger partial charge in [0.15, 0.2) is 17.3 Å². The van der Waals surface area contributed by atoms with Crippen molar-refractivity contribution in [2.45, 2.75) is 150 Å². The normalized spacial score (nSPS) is 13.2. The minimum Gasteiger partial charge on any atom is -0.460 e. The number of amides is 3. The molecule has 22 nitrogen and oxygen atoms in total. The maximum atomic E-state index is 13.9. The van der Waals surface area contributed by atoms with E-state index >= 15 is 0 Å². The Balaban J connectivity index is 5.54. The number of carbonyl (C=O) groups excluding carboxylic acids is 7. The highest BCUT2D eigenvalue weighted by molar-refractivity contribution is 5.92. The molecule has 0 heterocycles. The van der Waals surface area contributed by atoms with Crippen molar-refractivity contribution >= 4 is 41.2 Å². The molecule has 426 valence electrons. The smallest absolute Gasteiger partial charge is 0.431 e. The summed E-state index contributed by atoms with van der Waals surface area (Å²) in [7, 11) is 0. The maximum Gasteiger partial charge on any atom is 0.431 e. The molecule has 7 N–H and O–H groups in total. The fraction of sp³-hybridized carbons (Fsp3) is 0.863. The first-order chi connectivity index (χ1) is 34.5. The fourth-order valence-electron chi connectivity index (χ4n) is 6.58. The van der Waals surface area contributed by atoms with E-state index in [4.69, 9.17) is 58.9 Å². The molecule has 0 fully saturated rings. The van der Waals surface area contributed by atoms with Gasteiger partial charge in [-0.3, -0.25) is 33.6 Å². The lowest BCUT2D eigenvalue weighted by molar-refractivity contribution is -0.155. The monoisotopic (exact) mass is 1050 g/mol. The average molecular weight is 1050 g/mol. The summed E-state index contributed by atoms with van der Waals surface area (Å²) in [6, 6.07) is -0.990. The second-order valence-electron chi connectivity index (χ2n) is 20.7. The Labute approximate surface area is 435 Å². The molecule has 0 saturated heterocycles. The number of ether oxygens (including phenoxy) is 9. The number of carbonyl (C=O) groups is 7. The summed E-state index contributed by atoms with van der Waals surface area (Å²) < 4.78 is 48.5. The average Bonchev–Trinajstić information content (AvgIpc) is 3.29. The number of ketones is 3. The van der Waals surface area contributed by atoms with E-state index < -0.39 is 47.0 Å². The predicted molar refractivity (Wildman–Crippen MR) is 272 cm³/mol. The molecule has 0 aliphatic rings. The minimum absolute atomic E-state index is 0.00434. The van der Waals surface area contributed by atoms with Crippen LogP contribution in [0, 0.1) is 17.3 Å². The highest BCUT2D eigenvalue weighted by atomic mass is 16.7. The fourth-order valence-corrected chi connectivity index (χ4v) is 6.58. The van der Waals surface area contributed by atoms with E-state index in [1.165, 1.54) is 0 Å². The van der Waals surface area contributed by atoms with Gasteiger partial charge in [0.05, 0.1) is 91.9 Å². The molecule has 0 aromatic heterocycles. The Bertz CT molecular complexity index is 1530. The highest BCUT2D eigenvalue weighted by Crippen LogP contribution is 2.26. The molecule has 73 heavy (non-hydrogen) atoms. The number of rotatable bonds is 46. The molecule has 3 amide bonds. The first-order valence-corrected chi connectivity index (χ1v) is 25.9. The van der Waals surface area contributed by atoms with Crippen molar-refractivity contribution in [3.05, 3.63) is 0 Å². The third-order valence-corrected chi connectivity index (χ3v) is 10.1. The Hall–Kier alpha value is -3.71. The third kappa shape index (κ3) is 44.3. The van der Waals surface area contributed by atoms with Gasteiger partial charge in [0.1, 0.15) is 24.4 Å². The Kier molecular flexibility index (Phi) is 39.4. The summed E-state index contributed by atoms with van der Waals surface area (Å²) in [6.07, 6.45) is 1.19. The molecular weight excluding hydrogens is 955 g/mol. The van der Waals surface area contributed by atoms with Gasteiger partial charge < -0.3 is 64.7 Å². The van der Waals surface area contributed by atoms with Gasteiger partial charge in [-0.05, 0) is 91.9 Å². The van der Waals surface area contributed by atoms with Crippen molar-refractivity contribution in [2.24, 2.45) is 28.7 Å². The number of nitrogens with two attached hydrogens (primary N) is 2. The van der Waals surface area contributed by atoms with Crippen molar-refractivity contribution in [3.8, 4) is 0 Å². The van der Waals surface area contributed by atoms with E-state index in [2.05, 4.69) is 36.9 Å². The number of hydroxylamine groups is 1. The second-order valence-corrected chi connectivity index (χ2v) is 20.7. The topological polar surface area (TPSA) is 300 Å². The zero-order valence-electron chi connectivity index (χ0n) is 45.8. The van der Waals surface area contributed by atoms with Crippen molar-refractivity contribution in [1.82, 2.24) is 16.1 Å². The molecule has 0 saturated carbocycles. The Morgan fingerprint density at radius 1 is 0.493 bits per heavy atom. The molecular formula is C51H95N5O17. The van der Waals surface area contributed by atoms with Gasteiger partial charge in [-0.15, -0.1) is 0 Å². The van der Waals surface area contributed by atoms with Crippen LogP contribution in [0.4, 0.5) is 4.79 Å². The molecule has 3 atom stereocenters. The van der Waals surface area contributed by atoms with Crippen LogP contribution < -0.4 is 27.6 Å². The van der Waals surface area contributed by atoms with Crippen molar-refractivity contribution in [2.75, 3.05) is 119 Å². The van der Waals surface area contributed by atoms with E-state index in [0.717, 1.165) is 0 Å². The molecule has 0 aromatic rings. The summed E-state index contributed by atoms with van der Waals surface area (Å²) in [5.74, 6) is -3.88. The van der Waals surface area contributed by atoms with Crippen LogP contribution in [-0.4, -0.2) is 177 Å². The molecule has 22 heteroatoms. The summed E-state index contributed by atoms with van der Waals surface area (Å²) in [5, 5.41) is 5.79. The zero-order valence-corrected chi connectivity index (χ0v) is 45.8. The predicted octanol–water partition coefficient (Wildman–Crippen LogP) is 3.70. The largest absolute Gasteiger partial charge is 0.460 e. The van der Waals surface area contributed by atoms with Gasteiger partial charge >= 0.3 is 12.1 Å². The molecule has 0 unspecified atom stereocenters. The molecule has 0 aliphatic carbocycles. The Morgan fingerprint density at radius 3 is 1.42 bits per heavy atom. The van der Waals surface area contributed by atoms with Crippen LogP contribution in [0.3, 0.4) is 0 Å². The van der Waals surface area contributed by atoms with Crippen molar-refractivity contribution < 1.29 is 81.0 Å². The van der Waals surface area contributed by atoms with Gasteiger partial charge in [0.25, 0.3) is 0 Å². The number of esters is 1. The van der Waals surface area contributed by atoms with Crippen LogP contribution in [0.15, 0.2) is 0 Å². The summed E-state index contributed by atoms with van der Waals surface area (Å²) >= 11 is 0. The highest BCUT2D eigenvalue weighted by Gasteiger charge is 2.29. The lowest BCUT2D eigenvalue weighted by Gasteiger charge is -2.24. The number of hydrogen-bond acceptors (Lipinski definition) is 19. The first-order valence-electron chi connectivity index (χ1n) is 25.9. The SMILES string of the molecule is CC(C)(C)CC[C@@H](CC(=O)COCCOCCOCCOCCOCCN)C(=O)NCCCC[C@@H](NC(=O)[C@@H](CCC(=O)OC(C)(C)C)CC(=O)COCCOCCN)C(=O)CCCONC(=O)OC(C)(C)C. The van der Waals surface area contributed by atoms with E-state index in [1.807, 2.05) is 0 Å². The summed E-state index contributed by atoms with van der Waals surface area (Å²) in [6.45, 7) is 21.3. The molecule has 0 rings (SSSR count). The Morgan fingerprint density at radius 2 is 0.959 bits per heavy atom. The molecule has 0 aliphatic heterocycles. The van der Waals surface area contributed by atoms with Gasteiger partial charge in [-0.25, -0.2) is 4.79 Å². The van der Waals surface area contributed by atoms with E-state index in [9.17, 15) is 33.6 Å². The van der Waals surface area contributed by atoms with Gasteiger partial charge in [-0.2, -0.15) is 5.48 Å². The molecule has 0 radical (unpaired) electrons. The standard InChI is InChI=1S/C51H95N5O17/c1-49(2,3)18-17-40(36-42(58)38-70-34-32-68-30-29-67-28-27-66-26-25-64-23-19-52)46(61)54-21-11-10-13-43(44(59)14-12-22-71-56-48(63)73-51(7,8)9)55-47(62)39(15-16-45(60)72-50(4,5)6)35-41(57)37-69-33-31-65-24-20-53/h39-40,43H,10-38,52-53H2,1-9H3,(H,54,61)(H,55,62)(H,56,63)/t39-,40-,43+/m0/s1. The van der Waals surface area contributed by atoms with E-state index in [1.54, 1.807) is 41.5 Å². The van der Waals surface area contributed by atoms with Crippen LogP contribution in [0.1, 0.15) is 133 Å². The zero-order chi connectivity index (χ0) is 55.0. The maximum absolute atomic E-state index is 13.9. The van der Waals surface area contributed by atoms with Crippen LogP contribution in [0.5, 0.6) is 0 Å². The lowest BCUT2D eigenvalue weighted by atomic mass is 9.85. The number of nitrogens with one attached hydrogen (secondary N) is 3.